The fourth-order valence-electron chi connectivity index (χ4n) is 2.61. The quantitative estimate of drug-likeness (QED) is 0.646. The molecule has 2 aromatic carbocycles. The first kappa shape index (κ1) is 18.3. The molecule has 2 amide bonds. The highest BCUT2D eigenvalue weighted by molar-refractivity contribution is 6.35. The predicted molar refractivity (Wildman–Crippen MR) is 101 cm³/mol. The van der Waals surface area contributed by atoms with E-state index in [1.807, 2.05) is 18.2 Å². The van der Waals surface area contributed by atoms with Crippen LogP contribution in [-0.4, -0.2) is 11.8 Å². The van der Waals surface area contributed by atoms with Crippen molar-refractivity contribution < 1.29 is 14.0 Å². The predicted octanol–water partition coefficient (Wildman–Crippen LogP) is 4.44. The molecule has 0 spiro atoms. The number of benzene rings is 2. The third kappa shape index (κ3) is 4.00. The SMILES string of the molecule is Cc1c(C(=O)NNC(=O)CCc2ccc(Cl)cc2Cl)oc2ccccc12. The van der Waals surface area contributed by atoms with Crippen molar-refractivity contribution in [3.8, 4) is 0 Å². The summed E-state index contributed by atoms with van der Waals surface area (Å²) in [6, 6.07) is 12.5. The van der Waals surface area contributed by atoms with Crippen LogP contribution in [0.5, 0.6) is 0 Å². The lowest BCUT2D eigenvalue weighted by Crippen LogP contribution is -2.41. The Hall–Kier alpha value is -2.50. The summed E-state index contributed by atoms with van der Waals surface area (Å²) in [6.45, 7) is 1.80. The second-order valence-electron chi connectivity index (χ2n) is 5.79. The molecule has 0 saturated carbocycles. The normalized spacial score (nSPS) is 10.7. The molecule has 1 heterocycles. The zero-order chi connectivity index (χ0) is 18.7. The number of rotatable bonds is 4. The summed E-state index contributed by atoms with van der Waals surface area (Å²) in [5.74, 6) is -0.665. The summed E-state index contributed by atoms with van der Waals surface area (Å²) in [5, 5.41) is 1.91. The largest absolute Gasteiger partial charge is 0.451 e. The fourth-order valence-corrected chi connectivity index (χ4v) is 3.11. The van der Waals surface area contributed by atoms with Crippen molar-refractivity contribution >= 4 is 46.0 Å². The van der Waals surface area contributed by atoms with E-state index in [0.717, 1.165) is 16.5 Å². The van der Waals surface area contributed by atoms with E-state index in [1.54, 1.807) is 31.2 Å². The lowest BCUT2D eigenvalue weighted by atomic mass is 10.1. The maximum absolute atomic E-state index is 12.3. The average molecular weight is 391 g/mol. The van der Waals surface area contributed by atoms with Crippen LogP contribution < -0.4 is 10.9 Å². The molecule has 0 atom stereocenters. The summed E-state index contributed by atoms with van der Waals surface area (Å²) in [5.41, 5.74) is 6.92. The number of hydrogen-bond donors (Lipinski definition) is 2. The summed E-state index contributed by atoms with van der Waals surface area (Å²) >= 11 is 11.9. The van der Waals surface area contributed by atoms with Gasteiger partial charge < -0.3 is 4.42 Å². The van der Waals surface area contributed by atoms with Crippen molar-refractivity contribution in [2.24, 2.45) is 0 Å². The zero-order valence-electron chi connectivity index (χ0n) is 13.9. The Labute approximate surface area is 160 Å². The van der Waals surface area contributed by atoms with Gasteiger partial charge in [0.15, 0.2) is 5.76 Å². The summed E-state index contributed by atoms with van der Waals surface area (Å²) in [4.78, 5) is 24.2. The molecule has 3 aromatic rings. The molecule has 7 heteroatoms. The Kier molecular flexibility index (Phi) is 5.49. The highest BCUT2D eigenvalue weighted by atomic mass is 35.5. The van der Waals surface area contributed by atoms with Gasteiger partial charge in [0, 0.05) is 27.4 Å². The third-order valence-electron chi connectivity index (χ3n) is 4.00. The van der Waals surface area contributed by atoms with Crippen LogP contribution in [0.2, 0.25) is 10.0 Å². The number of hydrazine groups is 1. The van der Waals surface area contributed by atoms with Crippen LogP contribution in [0.25, 0.3) is 11.0 Å². The lowest BCUT2D eigenvalue weighted by molar-refractivity contribution is -0.121. The second kappa shape index (κ2) is 7.81. The minimum Gasteiger partial charge on any atom is -0.451 e. The van der Waals surface area contributed by atoms with Crippen molar-refractivity contribution in [2.75, 3.05) is 0 Å². The molecule has 2 N–H and O–H groups in total. The Bertz CT molecular complexity index is 982. The number of fused-ring (bicyclic) bond motifs is 1. The molecule has 0 unspecified atom stereocenters. The van der Waals surface area contributed by atoms with Gasteiger partial charge in [-0.15, -0.1) is 0 Å². The number of nitrogens with one attached hydrogen (secondary N) is 2. The standard InChI is InChI=1S/C19H16Cl2N2O3/c1-11-14-4-2-3-5-16(14)26-18(11)19(25)23-22-17(24)9-7-12-6-8-13(20)10-15(12)21/h2-6,8,10H,7,9H2,1H3,(H,22,24)(H,23,25). The van der Waals surface area contributed by atoms with Crippen LogP contribution in [-0.2, 0) is 11.2 Å². The number of amides is 2. The molecule has 134 valence electrons. The van der Waals surface area contributed by atoms with E-state index in [4.69, 9.17) is 27.6 Å². The Morgan fingerprint density at radius 3 is 2.58 bits per heavy atom. The molecule has 0 saturated heterocycles. The summed E-state index contributed by atoms with van der Waals surface area (Å²) in [6.07, 6.45) is 0.599. The monoisotopic (exact) mass is 390 g/mol. The molecular weight excluding hydrogens is 375 g/mol. The molecule has 0 bridgehead atoms. The molecule has 1 aromatic heterocycles. The van der Waals surface area contributed by atoms with Gasteiger partial charge in [0.25, 0.3) is 0 Å². The van der Waals surface area contributed by atoms with Crippen molar-refractivity contribution in [1.82, 2.24) is 10.9 Å². The molecule has 0 fully saturated rings. The van der Waals surface area contributed by atoms with E-state index >= 15 is 0 Å². The molecule has 5 nitrogen and oxygen atoms in total. The number of carbonyl (C=O) groups excluding carboxylic acids is 2. The molecule has 0 aliphatic heterocycles. The first-order valence-corrected chi connectivity index (χ1v) is 8.72. The zero-order valence-corrected chi connectivity index (χ0v) is 15.4. The number of para-hydroxylation sites is 1. The van der Waals surface area contributed by atoms with Crippen LogP contribution in [0.3, 0.4) is 0 Å². The van der Waals surface area contributed by atoms with E-state index in [2.05, 4.69) is 10.9 Å². The van der Waals surface area contributed by atoms with Gasteiger partial charge in [-0.25, -0.2) is 0 Å². The number of carbonyl (C=O) groups is 2. The van der Waals surface area contributed by atoms with Crippen molar-refractivity contribution in [3.05, 3.63) is 69.4 Å². The first-order valence-electron chi connectivity index (χ1n) is 7.97. The van der Waals surface area contributed by atoms with E-state index in [0.29, 0.717) is 22.0 Å². The number of furan rings is 1. The number of hydrogen-bond acceptors (Lipinski definition) is 3. The molecular formula is C19H16Cl2N2O3. The highest BCUT2D eigenvalue weighted by Crippen LogP contribution is 2.24. The van der Waals surface area contributed by atoms with Crippen molar-refractivity contribution in [3.63, 3.8) is 0 Å². The van der Waals surface area contributed by atoms with Crippen molar-refractivity contribution in [2.45, 2.75) is 19.8 Å². The van der Waals surface area contributed by atoms with Gasteiger partial charge in [0.05, 0.1) is 0 Å². The van der Waals surface area contributed by atoms with Crippen LogP contribution in [0.1, 0.15) is 28.1 Å². The van der Waals surface area contributed by atoms with Gasteiger partial charge in [-0.3, -0.25) is 20.4 Å². The van der Waals surface area contributed by atoms with E-state index in [1.165, 1.54) is 0 Å². The third-order valence-corrected chi connectivity index (χ3v) is 4.59. The molecule has 0 radical (unpaired) electrons. The van der Waals surface area contributed by atoms with E-state index in [-0.39, 0.29) is 18.1 Å². The second-order valence-corrected chi connectivity index (χ2v) is 6.63. The number of aryl methyl sites for hydroxylation is 2. The number of halogens is 2. The minimum atomic E-state index is -0.503. The van der Waals surface area contributed by atoms with Crippen molar-refractivity contribution in [1.29, 1.82) is 0 Å². The molecule has 0 aliphatic rings. The maximum Gasteiger partial charge on any atom is 0.305 e. The topological polar surface area (TPSA) is 71.3 Å². The molecule has 0 aliphatic carbocycles. The Morgan fingerprint density at radius 1 is 1.08 bits per heavy atom. The lowest BCUT2D eigenvalue weighted by Gasteiger charge is -2.07. The molecule has 26 heavy (non-hydrogen) atoms. The van der Waals surface area contributed by atoms with Gasteiger partial charge >= 0.3 is 5.91 Å². The van der Waals surface area contributed by atoms with Gasteiger partial charge in [-0.1, -0.05) is 47.5 Å². The minimum absolute atomic E-state index is 0.167. The van der Waals surface area contributed by atoms with Gasteiger partial charge in [-0.2, -0.15) is 0 Å². The summed E-state index contributed by atoms with van der Waals surface area (Å²) in [7, 11) is 0. The first-order chi connectivity index (χ1) is 12.5. The van der Waals surface area contributed by atoms with Crippen LogP contribution in [0, 0.1) is 6.92 Å². The fraction of sp³-hybridized carbons (Fsp3) is 0.158. The van der Waals surface area contributed by atoms with Crippen LogP contribution >= 0.6 is 23.2 Å². The van der Waals surface area contributed by atoms with Gasteiger partial charge in [0.2, 0.25) is 5.91 Å². The maximum atomic E-state index is 12.3. The molecule has 3 rings (SSSR count). The Balaban J connectivity index is 1.56. The van der Waals surface area contributed by atoms with Crippen LogP contribution in [0.4, 0.5) is 0 Å². The van der Waals surface area contributed by atoms with E-state index in [9.17, 15) is 9.59 Å². The van der Waals surface area contributed by atoms with Gasteiger partial charge in [0.1, 0.15) is 5.58 Å². The van der Waals surface area contributed by atoms with Crippen LogP contribution in [0.15, 0.2) is 46.9 Å². The Morgan fingerprint density at radius 2 is 1.85 bits per heavy atom. The summed E-state index contributed by atoms with van der Waals surface area (Å²) < 4.78 is 5.56. The highest BCUT2D eigenvalue weighted by Gasteiger charge is 2.17. The van der Waals surface area contributed by atoms with E-state index < -0.39 is 5.91 Å². The van der Waals surface area contributed by atoms with Gasteiger partial charge in [-0.05, 0) is 37.1 Å². The average Bonchev–Trinajstić information content (AvgIpc) is 2.96. The smallest absolute Gasteiger partial charge is 0.305 e.